The van der Waals surface area contributed by atoms with Crippen LogP contribution in [0, 0.1) is 0 Å². The largest absolute Gasteiger partial charge is 0.573 e. The molecule has 0 heterocycles. The highest BCUT2D eigenvalue weighted by Gasteiger charge is 2.33. The minimum absolute atomic E-state index is 0.135. The molecule has 0 aliphatic carbocycles. The summed E-state index contributed by atoms with van der Waals surface area (Å²) < 4.78 is 40.3. The van der Waals surface area contributed by atoms with Crippen molar-refractivity contribution < 1.29 is 27.8 Å². The van der Waals surface area contributed by atoms with Crippen molar-refractivity contribution in [3.8, 4) is 5.75 Å². The summed E-state index contributed by atoms with van der Waals surface area (Å²) in [6, 6.07) is 3.74. The molecule has 19 heavy (non-hydrogen) atoms. The van der Waals surface area contributed by atoms with Gasteiger partial charge in [-0.15, -0.1) is 13.2 Å². The van der Waals surface area contributed by atoms with Gasteiger partial charge in [0.1, 0.15) is 0 Å². The van der Waals surface area contributed by atoms with E-state index in [0.29, 0.717) is 6.42 Å². The number of hydrogen-bond acceptors (Lipinski definition) is 3. The molecule has 106 valence electrons. The van der Waals surface area contributed by atoms with E-state index >= 15 is 0 Å². The van der Waals surface area contributed by atoms with E-state index in [0.717, 1.165) is 6.07 Å². The highest BCUT2D eigenvalue weighted by molar-refractivity contribution is 5.79. The normalized spacial score (nSPS) is 13.1. The maximum atomic E-state index is 12.2. The van der Waals surface area contributed by atoms with Crippen molar-refractivity contribution >= 4 is 11.7 Å². The predicted octanol–water partition coefficient (Wildman–Crippen LogP) is 3.14. The molecule has 0 bridgehead atoms. The Balaban J connectivity index is 3.15. The van der Waals surface area contributed by atoms with E-state index in [2.05, 4.69) is 4.74 Å². The van der Waals surface area contributed by atoms with Crippen LogP contribution >= 0.6 is 0 Å². The molecule has 0 saturated carbocycles. The van der Waals surface area contributed by atoms with E-state index in [1.807, 2.05) is 0 Å². The van der Waals surface area contributed by atoms with Crippen LogP contribution in [0.4, 0.5) is 18.9 Å². The molecule has 0 spiro atoms. The quantitative estimate of drug-likeness (QED) is 0.811. The molecule has 1 aromatic carbocycles. The lowest BCUT2D eigenvalue weighted by Gasteiger charge is -2.17. The van der Waals surface area contributed by atoms with Crippen LogP contribution in [0.3, 0.4) is 0 Å². The fourth-order valence-corrected chi connectivity index (χ4v) is 1.78. The Morgan fingerprint density at radius 2 is 2.11 bits per heavy atom. The van der Waals surface area contributed by atoms with Gasteiger partial charge in [-0.2, -0.15) is 0 Å². The van der Waals surface area contributed by atoms with Crippen LogP contribution in [0.15, 0.2) is 18.2 Å². The summed E-state index contributed by atoms with van der Waals surface area (Å²) in [6.07, 6.45) is -4.01. The SMILES string of the molecule is CCCC(C(=O)O)c1cccc(OC(F)(F)F)c1N. The van der Waals surface area contributed by atoms with Crippen molar-refractivity contribution in [2.75, 3.05) is 5.73 Å². The average Bonchev–Trinajstić information content (AvgIpc) is 2.27. The molecule has 0 aliphatic heterocycles. The number of carboxylic acids is 1. The van der Waals surface area contributed by atoms with Gasteiger partial charge in [-0.05, 0) is 18.1 Å². The Labute approximate surface area is 108 Å². The second-order valence-electron chi connectivity index (χ2n) is 3.99. The van der Waals surface area contributed by atoms with Gasteiger partial charge in [0.05, 0.1) is 11.6 Å². The van der Waals surface area contributed by atoms with Crippen molar-refractivity contribution in [1.82, 2.24) is 0 Å². The van der Waals surface area contributed by atoms with Crippen LogP contribution in [0.25, 0.3) is 0 Å². The fraction of sp³-hybridized carbons (Fsp3) is 0.417. The first kappa shape index (κ1) is 15.1. The number of hydrogen-bond donors (Lipinski definition) is 2. The number of ether oxygens (including phenoxy) is 1. The smallest absolute Gasteiger partial charge is 0.481 e. The molecule has 3 N–H and O–H groups in total. The molecule has 0 fully saturated rings. The van der Waals surface area contributed by atoms with Gasteiger partial charge in [0.15, 0.2) is 5.75 Å². The molecule has 1 aromatic rings. The molecular formula is C12H14F3NO3. The minimum Gasteiger partial charge on any atom is -0.481 e. The Bertz CT molecular complexity index is 460. The van der Waals surface area contributed by atoms with Crippen LogP contribution in [-0.2, 0) is 4.79 Å². The first-order valence-electron chi connectivity index (χ1n) is 5.63. The second kappa shape index (κ2) is 5.81. The summed E-state index contributed by atoms with van der Waals surface area (Å²) in [5.41, 5.74) is 5.42. The van der Waals surface area contributed by atoms with Gasteiger partial charge in [0.25, 0.3) is 0 Å². The lowest BCUT2D eigenvalue weighted by atomic mass is 9.93. The molecule has 7 heteroatoms. The first-order chi connectivity index (χ1) is 8.76. The summed E-state index contributed by atoms with van der Waals surface area (Å²) in [7, 11) is 0. The molecule has 0 amide bonds. The highest BCUT2D eigenvalue weighted by Crippen LogP contribution is 2.35. The van der Waals surface area contributed by atoms with Crippen LogP contribution in [0.2, 0.25) is 0 Å². The lowest BCUT2D eigenvalue weighted by molar-refractivity contribution is -0.274. The topological polar surface area (TPSA) is 72.5 Å². The van der Waals surface area contributed by atoms with Crippen LogP contribution in [0.1, 0.15) is 31.2 Å². The number of nitrogen functional groups attached to an aromatic ring is 1. The number of nitrogens with two attached hydrogens (primary N) is 1. The third-order valence-corrected chi connectivity index (χ3v) is 2.58. The number of alkyl halides is 3. The Kier molecular flexibility index (Phi) is 4.63. The number of rotatable bonds is 5. The maximum Gasteiger partial charge on any atom is 0.573 e. The van der Waals surface area contributed by atoms with Gasteiger partial charge in [0.2, 0.25) is 0 Å². The van der Waals surface area contributed by atoms with Gasteiger partial charge in [-0.3, -0.25) is 4.79 Å². The second-order valence-corrected chi connectivity index (χ2v) is 3.99. The van der Waals surface area contributed by atoms with Crippen molar-refractivity contribution in [3.05, 3.63) is 23.8 Å². The van der Waals surface area contributed by atoms with Gasteiger partial charge < -0.3 is 15.6 Å². The summed E-state index contributed by atoms with van der Waals surface area (Å²) in [6.45, 7) is 1.78. The summed E-state index contributed by atoms with van der Waals surface area (Å²) in [5.74, 6) is -2.65. The molecule has 0 radical (unpaired) electrons. The van der Waals surface area contributed by atoms with E-state index in [1.165, 1.54) is 12.1 Å². The van der Waals surface area contributed by atoms with Crippen LogP contribution < -0.4 is 10.5 Å². The molecule has 4 nitrogen and oxygen atoms in total. The van der Waals surface area contributed by atoms with Gasteiger partial charge in [0, 0.05) is 0 Å². The number of para-hydroxylation sites is 1. The number of carbonyl (C=O) groups is 1. The van der Waals surface area contributed by atoms with E-state index in [9.17, 15) is 18.0 Å². The summed E-state index contributed by atoms with van der Waals surface area (Å²) >= 11 is 0. The summed E-state index contributed by atoms with van der Waals surface area (Å²) in [5, 5.41) is 9.09. The molecule has 0 saturated heterocycles. The van der Waals surface area contributed by atoms with Gasteiger partial charge >= 0.3 is 12.3 Å². The minimum atomic E-state index is -4.86. The predicted molar refractivity (Wildman–Crippen MR) is 62.8 cm³/mol. The standard InChI is InChI=1S/C12H14F3NO3/c1-2-4-8(11(17)18)7-5-3-6-9(10(7)16)19-12(13,14)15/h3,5-6,8H,2,4,16H2,1H3,(H,17,18). The van der Waals surface area contributed by atoms with E-state index in [4.69, 9.17) is 10.8 Å². The van der Waals surface area contributed by atoms with Gasteiger partial charge in [-0.25, -0.2) is 0 Å². The molecule has 0 aromatic heterocycles. The Hall–Kier alpha value is -1.92. The van der Waals surface area contributed by atoms with Crippen molar-refractivity contribution in [3.63, 3.8) is 0 Å². The zero-order valence-corrected chi connectivity index (χ0v) is 10.2. The van der Waals surface area contributed by atoms with Crippen molar-refractivity contribution in [2.45, 2.75) is 32.0 Å². The molecular weight excluding hydrogens is 263 g/mol. The molecule has 1 atom stereocenters. The number of benzene rings is 1. The maximum absolute atomic E-state index is 12.2. The van der Waals surface area contributed by atoms with Crippen molar-refractivity contribution in [1.29, 1.82) is 0 Å². The highest BCUT2D eigenvalue weighted by atomic mass is 19.4. The first-order valence-corrected chi connectivity index (χ1v) is 5.63. The Morgan fingerprint density at radius 1 is 1.47 bits per heavy atom. The monoisotopic (exact) mass is 277 g/mol. The third-order valence-electron chi connectivity index (χ3n) is 2.58. The summed E-state index contributed by atoms with van der Waals surface area (Å²) in [4.78, 5) is 11.1. The van der Waals surface area contributed by atoms with Crippen LogP contribution in [0.5, 0.6) is 5.75 Å². The lowest BCUT2D eigenvalue weighted by Crippen LogP contribution is -2.19. The van der Waals surface area contributed by atoms with E-state index in [1.54, 1.807) is 6.92 Å². The van der Waals surface area contributed by atoms with Crippen LogP contribution in [-0.4, -0.2) is 17.4 Å². The fourth-order valence-electron chi connectivity index (χ4n) is 1.78. The third kappa shape index (κ3) is 4.04. The van der Waals surface area contributed by atoms with Gasteiger partial charge in [-0.1, -0.05) is 25.5 Å². The number of aliphatic carboxylic acids is 1. The van der Waals surface area contributed by atoms with E-state index < -0.39 is 24.0 Å². The number of carboxylic acid groups (broad SMARTS) is 1. The molecule has 0 aliphatic rings. The number of halogens is 3. The molecule has 1 rings (SSSR count). The Morgan fingerprint density at radius 3 is 2.58 bits per heavy atom. The average molecular weight is 277 g/mol. The zero-order chi connectivity index (χ0) is 14.6. The number of anilines is 1. The zero-order valence-electron chi connectivity index (χ0n) is 10.2. The van der Waals surface area contributed by atoms with Crippen molar-refractivity contribution in [2.24, 2.45) is 0 Å². The van der Waals surface area contributed by atoms with E-state index in [-0.39, 0.29) is 17.7 Å². The molecule has 1 unspecified atom stereocenters.